The fraction of sp³-hybridized carbons (Fsp3) is 0.417. The van der Waals surface area contributed by atoms with Gasteiger partial charge in [-0.1, -0.05) is 12.1 Å². The van der Waals surface area contributed by atoms with E-state index in [1.54, 1.807) is 38.2 Å². The Morgan fingerprint density at radius 2 is 1.55 bits per heavy atom. The van der Waals surface area contributed by atoms with Crippen molar-refractivity contribution in [3.8, 4) is 5.75 Å². The van der Waals surface area contributed by atoms with Gasteiger partial charge in [-0.15, -0.1) is 0 Å². The molecule has 0 aliphatic carbocycles. The second-order valence-electron chi connectivity index (χ2n) is 3.46. The minimum atomic E-state index is -0.343. The molecule has 4 nitrogen and oxygen atoms in total. The highest BCUT2D eigenvalue weighted by molar-refractivity contribution is 7.60. The lowest BCUT2D eigenvalue weighted by molar-refractivity contribution is -0.145. The smallest absolute Gasteiger partial charge is 0.323 e. The molecule has 10 heteroatoms. The zero-order chi connectivity index (χ0) is 12.0. The van der Waals surface area contributed by atoms with E-state index in [9.17, 15) is 4.79 Å². The molecule has 0 saturated heterocycles. The minimum Gasteiger partial charge on any atom is -0.508 e. The zero-order valence-electron chi connectivity index (χ0n) is 12.6. The van der Waals surface area contributed by atoms with Crippen molar-refractivity contribution in [3.05, 3.63) is 29.8 Å². The van der Waals surface area contributed by atoms with Crippen LogP contribution in [0.1, 0.15) is 12.5 Å². The summed E-state index contributed by atoms with van der Waals surface area (Å²) in [4.78, 5) is 11.5. The van der Waals surface area contributed by atoms with Gasteiger partial charge in [0.2, 0.25) is 0 Å². The second-order valence-corrected chi connectivity index (χ2v) is 3.46. The van der Waals surface area contributed by atoms with E-state index in [0.29, 0.717) is 13.0 Å². The van der Waals surface area contributed by atoms with Gasteiger partial charge >= 0.3 is 5.97 Å². The Kier molecular flexibility index (Phi) is 37.5. The molecule has 0 radical (unpaired) electrons. The summed E-state index contributed by atoms with van der Waals surface area (Å²) in [5, 5.41) is 12.0. The van der Waals surface area contributed by atoms with E-state index in [4.69, 9.17) is 9.84 Å². The summed E-state index contributed by atoms with van der Waals surface area (Å²) in [6.45, 7) is 2.16. The van der Waals surface area contributed by atoms with Crippen LogP contribution < -0.4 is 5.32 Å². The summed E-state index contributed by atoms with van der Waals surface area (Å²) < 4.78 is 4.94. The number of benzene rings is 1. The molecule has 0 aliphatic heterocycles. The van der Waals surface area contributed by atoms with Gasteiger partial charge in [-0.3, -0.25) is 4.79 Å². The van der Waals surface area contributed by atoms with E-state index in [2.05, 4.69) is 5.32 Å². The summed E-state index contributed by atoms with van der Waals surface area (Å²) in [5.41, 5.74) is 0.977. The highest BCUT2D eigenvalue weighted by atomic mass is 32.1. The molecule has 0 spiro atoms. The Labute approximate surface area is 174 Å². The molecule has 1 unspecified atom stereocenters. The van der Waals surface area contributed by atoms with Gasteiger partial charge in [-0.2, -0.15) is 81.0 Å². The van der Waals surface area contributed by atoms with E-state index in [1.807, 2.05) is 0 Å². The van der Waals surface area contributed by atoms with Crippen molar-refractivity contribution >= 4 is 86.9 Å². The molecular weight excluding hydrogens is 399 g/mol. The molecule has 136 valence electrons. The standard InChI is InChI=1S/C12H17NO3.6H2S/c1-3-16-12(15)11(13-2)8-9-4-6-10(14)7-5-9;;;;;;/h4-7,11,13-14H,3,8H2,1-2H3;6*1H2. The van der Waals surface area contributed by atoms with Gasteiger partial charge in [0.1, 0.15) is 11.8 Å². The third-order valence-corrected chi connectivity index (χ3v) is 2.30. The molecule has 1 aromatic carbocycles. The zero-order valence-corrected chi connectivity index (χ0v) is 18.6. The number of carbonyl (C=O) groups is 1. The maximum Gasteiger partial charge on any atom is 0.323 e. The third-order valence-electron chi connectivity index (χ3n) is 2.30. The highest BCUT2D eigenvalue weighted by Crippen LogP contribution is 2.11. The third kappa shape index (κ3) is 14.2. The van der Waals surface area contributed by atoms with Crippen molar-refractivity contribution < 1.29 is 14.6 Å². The number of likely N-dealkylation sites (N-methyl/N-ethyl adjacent to an activating group) is 1. The topological polar surface area (TPSA) is 58.6 Å². The molecule has 0 saturated carbocycles. The number of ether oxygens (including phenoxy) is 1. The number of hydrogen-bond acceptors (Lipinski definition) is 4. The van der Waals surface area contributed by atoms with Crippen LogP contribution in [0.5, 0.6) is 5.75 Å². The lowest BCUT2D eigenvalue weighted by Crippen LogP contribution is -2.37. The molecule has 0 fully saturated rings. The van der Waals surface area contributed by atoms with Crippen molar-refractivity contribution in [1.29, 1.82) is 0 Å². The minimum absolute atomic E-state index is 0. The van der Waals surface area contributed by atoms with Gasteiger partial charge in [0.05, 0.1) is 6.61 Å². The number of phenols is 1. The first-order valence-corrected chi connectivity index (χ1v) is 5.29. The fourth-order valence-electron chi connectivity index (χ4n) is 1.41. The van der Waals surface area contributed by atoms with Crippen molar-refractivity contribution in [1.82, 2.24) is 5.32 Å². The molecule has 0 heterocycles. The van der Waals surface area contributed by atoms with Crippen molar-refractivity contribution in [2.45, 2.75) is 19.4 Å². The number of nitrogens with one attached hydrogen (secondary N) is 1. The Morgan fingerprint density at radius 1 is 1.09 bits per heavy atom. The summed E-state index contributed by atoms with van der Waals surface area (Å²) in [7, 11) is 1.72. The average Bonchev–Trinajstić information content (AvgIpc) is 2.28. The quantitative estimate of drug-likeness (QED) is 0.703. The van der Waals surface area contributed by atoms with Gasteiger partial charge < -0.3 is 15.2 Å². The highest BCUT2D eigenvalue weighted by Gasteiger charge is 2.17. The molecule has 0 aromatic heterocycles. The first kappa shape index (κ1) is 38.2. The van der Waals surface area contributed by atoms with E-state index in [-0.39, 0.29) is 98.7 Å². The average molecular weight is 428 g/mol. The summed E-state index contributed by atoms with van der Waals surface area (Å²) in [6, 6.07) is 6.45. The fourth-order valence-corrected chi connectivity index (χ4v) is 1.41. The van der Waals surface area contributed by atoms with Gasteiger partial charge in [-0.05, 0) is 38.1 Å². The van der Waals surface area contributed by atoms with Gasteiger partial charge in [0, 0.05) is 0 Å². The van der Waals surface area contributed by atoms with Crippen LogP contribution in [0.15, 0.2) is 24.3 Å². The number of phenolic OH excluding ortho intramolecular Hbond substituents is 1. The Morgan fingerprint density at radius 3 is 1.91 bits per heavy atom. The Hall–Kier alpha value is 0.550. The normalized spacial score (nSPS) is 8.82. The molecule has 0 bridgehead atoms. The van der Waals surface area contributed by atoms with Crippen LogP contribution in [0.4, 0.5) is 0 Å². The molecule has 22 heavy (non-hydrogen) atoms. The van der Waals surface area contributed by atoms with E-state index < -0.39 is 0 Å². The van der Waals surface area contributed by atoms with Crippen LogP contribution in [-0.4, -0.2) is 30.8 Å². The monoisotopic (exact) mass is 427 g/mol. The summed E-state index contributed by atoms with van der Waals surface area (Å²) in [5.74, 6) is -0.0287. The molecule has 0 amide bonds. The molecule has 1 rings (SSSR count). The van der Waals surface area contributed by atoms with Crippen LogP contribution in [0.3, 0.4) is 0 Å². The number of rotatable bonds is 5. The van der Waals surface area contributed by atoms with E-state index in [1.165, 1.54) is 0 Å². The second kappa shape index (κ2) is 21.6. The predicted octanol–water partition coefficient (Wildman–Crippen LogP) is 1.76. The van der Waals surface area contributed by atoms with Gasteiger partial charge in [0.15, 0.2) is 0 Å². The van der Waals surface area contributed by atoms with Gasteiger partial charge in [-0.25, -0.2) is 0 Å². The summed E-state index contributed by atoms with van der Waals surface area (Å²) >= 11 is 0. The first-order valence-electron chi connectivity index (χ1n) is 5.29. The van der Waals surface area contributed by atoms with Crippen molar-refractivity contribution in [2.24, 2.45) is 0 Å². The van der Waals surface area contributed by atoms with Crippen LogP contribution in [0.2, 0.25) is 0 Å². The Balaban J connectivity index is -0.000000107. The van der Waals surface area contributed by atoms with E-state index in [0.717, 1.165) is 5.56 Å². The first-order chi connectivity index (χ1) is 7.67. The van der Waals surface area contributed by atoms with Crippen LogP contribution in [0, 0.1) is 0 Å². The molecular formula is C12H29NO3S6. The molecule has 2 N–H and O–H groups in total. The molecule has 0 aliphatic rings. The molecule has 1 aromatic rings. The lowest BCUT2D eigenvalue weighted by Gasteiger charge is -2.14. The lowest BCUT2D eigenvalue weighted by atomic mass is 10.1. The van der Waals surface area contributed by atoms with E-state index >= 15 is 0 Å². The SMILES string of the molecule is CCOC(=O)C(Cc1ccc(O)cc1)NC.S.S.S.S.S.S. The summed E-state index contributed by atoms with van der Waals surface area (Å²) in [6.07, 6.45) is 0.551. The van der Waals surface area contributed by atoms with Gasteiger partial charge in [0.25, 0.3) is 0 Å². The largest absolute Gasteiger partial charge is 0.508 e. The maximum atomic E-state index is 11.5. The van der Waals surface area contributed by atoms with Crippen LogP contribution in [-0.2, 0) is 16.0 Å². The van der Waals surface area contributed by atoms with Crippen molar-refractivity contribution in [2.75, 3.05) is 13.7 Å². The van der Waals surface area contributed by atoms with Crippen LogP contribution in [0.25, 0.3) is 0 Å². The number of carbonyl (C=O) groups excluding carboxylic acids is 1. The van der Waals surface area contributed by atoms with Crippen molar-refractivity contribution in [3.63, 3.8) is 0 Å². The number of hydrogen-bond donors (Lipinski definition) is 2. The maximum absolute atomic E-state index is 11.5. The predicted molar refractivity (Wildman–Crippen MR) is 124 cm³/mol. The Bertz CT molecular complexity index is 353. The number of aromatic hydroxyl groups is 1. The van der Waals surface area contributed by atoms with Crippen LogP contribution >= 0.6 is 81.0 Å². The number of esters is 1. The molecule has 1 atom stereocenters.